The maximum Gasteiger partial charge on any atom is 0.241 e. The van der Waals surface area contributed by atoms with Gasteiger partial charge in [0, 0.05) is 13.2 Å². The van der Waals surface area contributed by atoms with E-state index < -0.39 is 0 Å². The van der Waals surface area contributed by atoms with Gasteiger partial charge in [0.05, 0.1) is 0 Å². The Morgan fingerprint density at radius 2 is 2.31 bits per heavy atom. The second-order valence-electron chi connectivity index (χ2n) is 2.70. The van der Waals surface area contributed by atoms with Crippen molar-refractivity contribution in [2.24, 2.45) is 0 Å². The van der Waals surface area contributed by atoms with Crippen LogP contribution >= 0.6 is 0 Å². The van der Waals surface area contributed by atoms with Crippen LogP contribution in [0.5, 0.6) is 0 Å². The van der Waals surface area contributed by atoms with Crippen LogP contribution in [0.2, 0.25) is 0 Å². The smallest absolute Gasteiger partial charge is 0.241 e. The van der Waals surface area contributed by atoms with Crippen molar-refractivity contribution in [1.82, 2.24) is 10.3 Å². The second kappa shape index (κ2) is 4.45. The van der Waals surface area contributed by atoms with Gasteiger partial charge in [-0.15, -0.1) is 0 Å². The Morgan fingerprint density at radius 3 is 2.85 bits per heavy atom. The monoisotopic (exact) mass is 179 g/mol. The summed E-state index contributed by atoms with van der Waals surface area (Å²) in [6, 6.07) is 5.25. The number of carbonyl (C=O) groups is 1. The van der Waals surface area contributed by atoms with Gasteiger partial charge in [0.15, 0.2) is 0 Å². The fourth-order valence-corrected chi connectivity index (χ4v) is 0.952. The molecule has 0 aliphatic carbocycles. The molecule has 0 aliphatic rings. The van der Waals surface area contributed by atoms with Gasteiger partial charge in [-0.3, -0.25) is 4.79 Å². The number of likely N-dealkylation sites (N-methyl/N-ethyl adjacent to an activating group) is 1. The zero-order chi connectivity index (χ0) is 9.68. The quantitative estimate of drug-likeness (QED) is 0.715. The third-order valence-electron chi connectivity index (χ3n) is 1.67. The summed E-state index contributed by atoms with van der Waals surface area (Å²) in [5.74, 6) is 0.657. The Hall–Kier alpha value is -1.58. The Balaban J connectivity index is 2.55. The Morgan fingerprint density at radius 1 is 1.54 bits per heavy atom. The third kappa shape index (κ3) is 2.74. The van der Waals surface area contributed by atoms with E-state index in [0.29, 0.717) is 5.82 Å². The summed E-state index contributed by atoms with van der Waals surface area (Å²) in [7, 11) is 1.61. The van der Waals surface area contributed by atoms with Crippen LogP contribution in [0.15, 0.2) is 24.4 Å². The number of hydrogen-bond donors (Lipinski definition) is 2. The van der Waals surface area contributed by atoms with Gasteiger partial charge in [0.25, 0.3) is 0 Å². The molecule has 2 N–H and O–H groups in total. The van der Waals surface area contributed by atoms with E-state index in [0.717, 1.165) is 0 Å². The van der Waals surface area contributed by atoms with E-state index in [1.807, 2.05) is 18.2 Å². The average Bonchev–Trinajstić information content (AvgIpc) is 2.18. The molecule has 4 heteroatoms. The molecule has 1 heterocycles. The van der Waals surface area contributed by atoms with E-state index in [2.05, 4.69) is 15.6 Å². The molecule has 0 aliphatic heterocycles. The lowest BCUT2D eigenvalue weighted by atomic mass is 10.3. The fourth-order valence-electron chi connectivity index (χ4n) is 0.952. The number of aromatic nitrogens is 1. The van der Waals surface area contributed by atoms with Crippen molar-refractivity contribution in [2.45, 2.75) is 13.0 Å². The van der Waals surface area contributed by atoms with Gasteiger partial charge in [-0.05, 0) is 19.1 Å². The van der Waals surface area contributed by atoms with Crippen molar-refractivity contribution in [3.05, 3.63) is 24.4 Å². The lowest BCUT2D eigenvalue weighted by Gasteiger charge is -2.11. The summed E-state index contributed by atoms with van der Waals surface area (Å²) in [5, 5.41) is 5.53. The summed E-state index contributed by atoms with van der Waals surface area (Å²) >= 11 is 0. The summed E-state index contributed by atoms with van der Waals surface area (Å²) < 4.78 is 0. The highest BCUT2D eigenvalue weighted by atomic mass is 16.2. The molecule has 1 amide bonds. The molecule has 70 valence electrons. The van der Waals surface area contributed by atoms with Gasteiger partial charge in [0.1, 0.15) is 11.9 Å². The summed E-state index contributed by atoms with van der Waals surface area (Å²) in [4.78, 5) is 15.2. The van der Waals surface area contributed by atoms with Gasteiger partial charge in [-0.25, -0.2) is 4.98 Å². The average molecular weight is 179 g/mol. The summed E-state index contributed by atoms with van der Waals surface area (Å²) in [5.41, 5.74) is 0. The summed E-state index contributed by atoms with van der Waals surface area (Å²) in [6.45, 7) is 1.79. The van der Waals surface area contributed by atoms with Crippen LogP contribution in [0.1, 0.15) is 6.92 Å². The van der Waals surface area contributed by atoms with Crippen LogP contribution < -0.4 is 10.6 Å². The summed E-state index contributed by atoms with van der Waals surface area (Å²) in [6.07, 6.45) is 1.68. The number of anilines is 1. The van der Waals surface area contributed by atoms with Crippen molar-refractivity contribution in [3.8, 4) is 0 Å². The van der Waals surface area contributed by atoms with Gasteiger partial charge < -0.3 is 10.6 Å². The first-order valence-corrected chi connectivity index (χ1v) is 4.13. The molecule has 0 unspecified atom stereocenters. The molecule has 1 atom stereocenters. The molecule has 0 radical (unpaired) electrons. The van der Waals surface area contributed by atoms with Gasteiger partial charge in [0.2, 0.25) is 5.91 Å². The van der Waals surface area contributed by atoms with E-state index in [1.54, 1.807) is 20.2 Å². The molecule has 1 aromatic heterocycles. The highest BCUT2D eigenvalue weighted by molar-refractivity contribution is 5.83. The number of amides is 1. The molecule has 13 heavy (non-hydrogen) atoms. The standard InChI is InChI=1S/C9H13N3O/c1-7(9(13)10-2)12-8-5-3-4-6-11-8/h3-7H,1-2H3,(H,10,13)(H,11,12)/t7-/m0/s1. The normalized spacial score (nSPS) is 11.8. The van der Waals surface area contributed by atoms with Crippen molar-refractivity contribution in [2.75, 3.05) is 12.4 Å². The van der Waals surface area contributed by atoms with Crippen LogP contribution in [-0.2, 0) is 4.79 Å². The molecular weight excluding hydrogens is 166 g/mol. The first-order valence-electron chi connectivity index (χ1n) is 4.13. The molecule has 0 bridgehead atoms. The number of carbonyl (C=O) groups excluding carboxylic acids is 1. The molecule has 4 nitrogen and oxygen atoms in total. The molecule has 0 saturated carbocycles. The van der Waals surface area contributed by atoms with Gasteiger partial charge >= 0.3 is 0 Å². The minimum atomic E-state index is -0.264. The molecular formula is C9H13N3O. The largest absolute Gasteiger partial charge is 0.359 e. The van der Waals surface area contributed by atoms with Crippen molar-refractivity contribution >= 4 is 11.7 Å². The molecule has 1 rings (SSSR count). The maximum absolute atomic E-state index is 11.1. The van der Waals surface area contributed by atoms with E-state index >= 15 is 0 Å². The predicted molar refractivity (Wildman–Crippen MR) is 51.4 cm³/mol. The highest BCUT2D eigenvalue weighted by Crippen LogP contribution is 2.01. The number of nitrogens with one attached hydrogen (secondary N) is 2. The SMILES string of the molecule is CNC(=O)[C@H](C)Nc1ccccn1. The zero-order valence-electron chi connectivity index (χ0n) is 7.74. The lowest BCUT2D eigenvalue weighted by Crippen LogP contribution is -2.35. The molecule has 0 saturated heterocycles. The van der Waals surface area contributed by atoms with Crippen LogP contribution in [0.25, 0.3) is 0 Å². The number of pyridine rings is 1. The van der Waals surface area contributed by atoms with Crippen LogP contribution in [-0.4, -0.2) is 24.0 Å². The minimum Gasteiger partial charge on any atom is -0.359 e. The first-order chi connectivity index (χ1) is 6.24. The van der Waals surface area contributed by atoms with Crippen LogP contribution in [0.3, 0.4) is 0 Å². The number of rotatable bonds is 3. The lowest BCUT2D eigenvalue weighted by molar-refractivity contribution is -0.121. The topological polar surface area (TPSA) is 54.0 Å². The van der Waals surface area contributed by atoms with Crippen LogP contribution in [0, 0.1) is 0 Å². The maximum atomic E-state index is 11.1. The fraction of sp³-hybridized carbons (Fsp3) is 0.333. The third-order valence-corrected chi connectivity index (χ3v) is 1.67. The van der Waals surface area contributed by atoms with E-state index in [9.17, 15) is 4.79 Å². The van der Waals surface area contributed by atoms with E-state index in [1.165, 1.54) is 0 Å². The van der Waals surface area contributed by atoms with Gasteiger partial charge in [-0.2, -0.15) is 0 Å². The van der Waals surface area contributed by atoms with E-state index in [4.69, 9.17) is 0 Å². The molecule has 0 aromatic carbocycles. The molecule has 1 aromatic rings. The van der Waals surface area contributed by atoms with Crippen LogP contribution in [0.4, 0.5) is 5.82 Å². The van der Waals surface area contributed by atoms with Crippen molar-refractivity contribution in [3.63, 3.8) is 0 Å². The highest BCUT2D eigenvalue weighted by Gasteiger charge is 2.09. The van der Waals surface area contributed by atoms with Crippen molar-refractivity contribution in [1.29, 1.82) is 0 Å². The Bertz CT molecular complexity index is 273. The first kappa shape index (κ1) is 9.51. The van der Waals surface area contributed by atoms with Gasteiger partial charge in [-0.1, -0.05) is 6.07 Å². The second-order valence-corrected chi connectivity index (χ2v) is 2.70. The Labute approximate surface area is 77.4 Å². The number of nitrogens with zero attached hydrogens (tertiary/aromatic N) is 1. The molecule has 0 fully saturated rings. The predicted octanol–water partition coefficient (Wildman–Crippen LogP) is 0.628. The van der Waals surface area contributed by atoms with Crippen molar-refractivity contribution < 1.29 is 4.79 Å². The minimum absolute atomic E-state index is 0.0503. The Kier molecular flexibility index (Phi) is 3.25. The number of hydrogen-bond acceptors (Lipinski definition) is 3. The molecule has 0 spiro atoms. The van der Waals surface area contributed by atoms with E-state index in [-0.39, 0.29) is 11.9 Å². The zero-order valence-corrected chi connectivity index (χ0v) is 7.74.